The molecule has 0 saturated carbocycles. The molecule has 1 N–H and O–H groups in total. The number of hydrogen-bond donors (Lipinski definition) is 1. The van der Waals surface area contributed by atoms with Gasteiger partial charge in [-0.05, 0) is 36.4 Å². The van der Waals surface area contributed by atoms with Crippen molar-refractivity contribution in [3.8, 4) is 11.3 Å². The number of fused-ring (bicyclic) bond motifs is 1. The Labute approximate surface area is 143 Å². The molecule has 2 aromatic carbocycles. The van der Waals surface area contributed by atoms with Crippen LogP contribution in [0.4, 0.5) is 10.1 Å². The van der Waals surface area contributed by atoms with Crippen LogP contribution in [0.5, 0.6) is 0 Å². The van der Waals surface area contributed by atoms with Crippen molar-refractivity contribution in [1.29, 1.82) is 0 Å². The van der Waals surface area contributed by atoms with E-state index in [2.05, 4.69) is 10.3 Å². The minimum Gasteiger partial charge on any atom is -0.322 e. The number of halogens is 1. The van der Waals surface area contributed by atoms with Gasteiger partial charge in [-0.2, -0.15) is 0 Å². The average Bonchev–Trinajstić information content (AvgIpc) is 3.06. The number of carbonyl (C=O) groups excluding carboxylic acids is 1. The van der Waals surface area contributed by atoms with Crippen LogP contribution in [0.3, 0.4) is 0 Å². The molecular formula is C20H14FN3O. The molecule has 0 bridgehead atoms. The maximum atomic E-state index is 13.3. The minimum absolute atomic E-state index is 0.156. The van der Waals surface area contributed by atoms with E-state index in [4.69, 9.17) is 0 Å². The van der Waals surface area contributed by atoms with Crippen LogP contribution in [0.1, 0.15) is 10.4 Å². The summed E-state index contributed by atoms with van der Waals surface area (Å²) >= 11 is 0. The Bertz CT molecular complexity index is 1040. The molecule has 2 heterocycles. The van der Waals surface area contributed by atoms with Crippen LogP contribution in [0.25, 0.3) is 16.9 Å². The van der Waals surface area contributed by atoms with E-state index in [1.807, 2.05) is 42.5 Å². The zero-order chi connectivity index (χ0) is 17.2. The van der Waals surface area contributed by atoms with Crippen molar-refractivity contribution in [2.24, 2.45) is 0 Å². The normalized spacial score (nSPS) is 10.8. The van der Waals surface area contributed by atoms with Crippen LogP contribution in [0.2, 0.25) is 0 Å². The number of nitrogens with one attached hydrogen (secondary N) is 1. The third kappa shape index (κ3) is 3.12. The number of carbonyl (C=O) groups is 1. The van der Waals surface area contributed by atoms with Crippen molar-refractivity contribution in [2.45, 2.75) is 0 Å². The van der Waals surface area contributed by atoms with Gasteiger partial charge in [0, 0.05) is 29.2 Å². The van der Waals surface area contributed by atoms with Gasteiger partial charge in [0.1, 0.15) is 11.5 Å². The smallest absolute Gasteiger partial charge is 0.255 e. The van der Waals surface area contributed by atoms with Gasteiger partial charge in [-0.3, -0.25) is 4.79 Å². The molecule has 0 fully saturated rings. The number of anilines is 1. The standard InChI is InChI=1S/C20H14FN3O/c21-16-8-11-19-23-18(13-24(19)12-16)14-6-9-17(10-7-14)22-20(25)15-4-2-1-3-5-15/h1-13H,(H,22,25). The first-order valence-electron chi connectivity index (χ1n) is 7.80. The van der Waals surface area contributed by atoms with E-state index in [1.54, 1.807) is 28.8 Å². The first-order valence-corrected chi connectivity index (χ1v) is 7.80. The molecular weight excluding hydrogens is 317 g/mol. The van der Waals surface area contributed by atoms with Gasteiger partial charge in [-0.1, -0.05) is 30.3 Å². The molecule has 2 aromatic heterocycles. The van der Waals surface area contributed by atoms with Crippen molar-refractivity contribution < 1.29 is 9.18 Å². The predicted molar refractivity (Wildman–Crippen MR) is 95.0 cm³/mol. The Hall–Kier alpha value is -3.47. The van der Waals surface area contributed by atoms with Crippen LogP contribution in [-0.2, 0) is 0 Å². The number of nitrogens with zero attached hydrogens (tertiary/aromatic N) is 2. The van der Waals surface area contributed by atoms with Crippen molar-refractivity contribution in [3.05, 3.63) is 90.5 Å². The zero-order valence-corrected chi connectivity index (χ0v) is 13.2. The molecule has 25 heavy (non-hydrogen) atoms. The summed E-state index contributed by atoms with van der Waals surface area (Å²) < 4.78 is 14.9. The SMILES string of the molecule is O=C(Nc1ccc(-c2cn3cc(F)ccc3n2)cc1)c1ccccc1. The third-order valence-electron chi connectivity index (χ3n) is 3.89. The highest BCUT2D eigenvalue weighted by Crippen LogP contribution is 2.22. The van der Waals surface area contributed by atoms with Gasteiger partial charge in [0.25, 0.3) is 5.91 Å². The summed E-state index contributed by atoms with van der Waals surface area (Å²) in [5.41, 5.74) is 3.62. The van der Waals surface area contributed by atoms with Crippen LogP contribution < -0.4 is 5.32 Å². The monoisotopic (exact) mass is 331 g/mol. The lowest BCUT2D eigenvalue weighted by atomic mass is 10.1. The maximum Gasteiger partial charge on any atom is 0.255 e. The van der Waals surface area contributed by atoms with Gasteiger partial charge in [0.2, 0.25) is 0 Å². The van der Waals surface area contributed by atoms with Gasteiger partial charge in [0.15, 0.2) is 0 Å². The molecule has 4 nitrogen and oxygen atoms in total. The second kappa shape index (κ2) is 6.20. The summed E-state index contributed by atoms with van der Waals surface area (Å²) in [6.45, 7) is 0. The predicted octanol–water partition coefficient (Wildman–Crippen LogP) is 4.39. The molecule has 0 aliphatic carbocycles. The Morgan fingerprint density at radius 3 is 2.44 bits per heavy atom. The first kappa shape index (κ1) is 15.1. The second-order valence-corrected chi connectivity index (χ2v) is 5.64. The van der Waals surface area contributed by atoms with Crippen LogP contribution >= 0.6 is 0 Å². The summed E-state index contributed by atoms with van der Waals surface area (Å²) in [7, 11) is 0. The second-order valence-electron chi connectivity index (χ2n) is 5.64. The summed E-state index contributed by atoms with van der Waals surface area (Å²) in [5, 5.41) is 2.86. The highest BCUT2D eigenvalue weighted by molar-refractivity contribution is 6.04. The lowest BCUT2D eigenvalue weighted by Gasteiger charge is -2.05. The molecule has 0 spiro atoms. The molecule has 0 aliphatic heterocycles. The van der Waals surface area contributed by atoms with E-state index >= 15 is 0 Å². The highest BCUT2D eigenvalue weighted by atomic mass is 19.1. The molecule has 0 saturated heterocycles. The Morgan fingerprint density at radius 2 is 1.68 bits per heavy atom. The van der Waals surface area contributed by atoms with E-state index in [0.29, 0.717) is 16.9 Å². The molecule has 0 atom stereocenters. The summed E-state index contributed by atoms with van der Waals surface area (Å²) in [4.78, 5) is 16.6. The lowest BCUT2D eigenvalue weighted by molar-refractivity contribution is 0.102. The van der Waals surface area contributed by atoms with E-state index in [1.165, 1.54) is 12.3 Å². The van der Waals surface area contributed by atoms with Crippen LogP contribution in [-0.4, -0.2) is 15.3 Å². The van der Waals surface area contributed by atoms with Crippen LogP contribution in [0.15, 0.2) is 79.1 Å². The van der Waals surface area contributed by atoms with E-state index < -0.39 is 0 Å². The fraction of sp³-hybridized carbons (Fsp3) is 0. The quantitative estimate of drug-likeness (QED) is 0.605. The Morgan fingerprint density at radius 1 is 0.920 bits per heavy atom. The molecule has 4 rings (SSSR count). The van der Waals surface area contributed by atoms with Crippen molar-refractivity contribution in [3.63, 3.8) is 0 Å². The van der Waals surface area contributed by atoms with Crippen LogP contribution in [0, 0.1) is 5.82 Å². The fourth-order valence-electron chi connectivity index (χ4n) is 2.62. The summed E-state index contributed by atoms with van der Waals surface area (Å²) in [6, 6.07) is 19.4. The van der Waals surface area contributed by atoms with Gasteiger partial charge >= 0.3 is 0 Å². The first-order chi connectivity index (χ1) is 12.2. The van der Waals surface area contributed by atoms with Gasteiger partial charge in [-0.15, -0.1) is 0 Å². The highest BCUT2D eigenvalue weighted by Gasteiger charge is 2.07. The van der Waals surface area contributed by atoms with Gasteiger partial charge in [0.05, 0.1) is 5.69 Å². The molecule has 0 radical (unpaired) electrons. The summed E-state index contributed by atoms with van der Waals surface area (Å²) in [5.74, 6) is -0.466. The van der Waals surface area contributed by atoms with E-state index in [-0.39, 0.29) is 11.7 Å². The maximum absolute atomic E-state index is 13.3. The average molecular weight is 331 g/mol. The topological polar surface area (TPSA) is 46.4 Å². The molecule has 4 aromatic rings. The number of imidazole rings is 1. The molecule has 0 aliphatic rings. The lowest BCUT2D eigenvalue weighted by Crippen LogP contribution is -2.11. The molecule has 5 heteroatoms. The van der Waals surface area contributed by atoms with E-state index in [0.717, 1.165) is 11.3 Å². The van der Waals surface area contributed by atoms with Gasteiger partial charge < -0.3 is 9.72 Å². The minimum atomic E-state index is -0.310. The van der Waals surface area contributed by atoms with Gasteiger partial charge in [-0.25, -0.2) is 9.37 Å². The summed E-state index contributed by atoms with van der Waals surface area (Å²) in [6.07, 6.45) is 3.16. The fourth-order valence-corrected chi connectivity index (χ4v) is 2.62. The number of rotatable bonds is 3. The van der Waals surface area contributed by atoms with E-state index in [9.17, 15) is 9.18 Å². The number of hydrogen-bond acceptors (Lipinski definition) is 2. The molecule has 122 valence electrons. The van der Waals surface area contributed by atoms with Crippen molar-refractivity contribution >= 4 is 17.2 Å². The third-order valence-corrected chi connectivity index (χ3v) is 3.89. The number of pyridine rings is 1. The molecule has 0 unspecified atom stereocenters. The van der Waals surface area contributed by atoms with Crippen molar-refractivity contribution in [2.75, 3.05) is 5.32 Å². The number of aromatic nitrogens is 2. The Kier molecular flexibility index (Phi) is 3.74. The number of benzene rings is 2. The van der Waals surface area contributed by atoms with Crippen molar-refractivity contribution in [1.82, 2.24) is 9.38 Å². The molecule has 1 amide bonds. The number of amides is 1. The Balaban J connectivity index is 1.56. The largest absolute Gasteiger partial charge is 0.322 e. The zero-order valence-electron chi connectivity index (χ0n) is 13.2.